The average molecular weight is 690 g/mol. The van der Waals surface area contributed by atoms with Crippen molar-refractivity contribution in [3.8, 4) is 5.75 Å². The molecular weight excluding hydrogens is 643 g/mol. The van der Waals surface area contributed by atoms with Crippen molar-refractivity contribution in [3.63, 3.8) is 0 Å². The van der Waals surface area contributed by atoms with Crippen LogP contribution in [0.4, 0.5) is 0 Å². The van der Waals surface area contributed by atoms with Gasteiger partial charge in [-0.15, -0.1) is 0 Å². The molecule has 5 atom stereocenters. The van der Waals surface area contributed by atoms with Crippen LogP contribution in [-0.4, -0.2) is 80.0 Å². The van der Waals surface area contributed by atoms with E-state index in [-0.39, 0.29) is 12.2 Å². The van der Waals surface area contributed by atoms with Gasteiger partial charge in [-0.2, -0.15) is 25.3 Å². The van der Waals surface area contributed by atoms with Crippen LogP contribution in [0, 0.1) is 13.8 Å². The van der Waals surface area contributed by atoms with Crippen molar-refractivity contribution in [2.75, 3.05) is 6.54 Å². The molecule has 0 aromatic heterocycles. The lowest BCUT2D eigenvalue weighted by atomic mass is 9.86. The molecule has 0 spiro atoms. The topological polar surface area (TPSA) is 200 Å². The Labute approximate surface area is 286 Å². The lowest BCUT2D eigenvalue weighted by Crippen LogP contribution is -2.60. The van der Waals surface area contributed by atoms with Crippen LogP contribution >= 0.6 is 25.3 Å². The predicted octanol–water partition coefficient (Wildman–Crippen LogP) is 1.75. The molecule has 0 fully saturated rings. The predicted molar refractivity (Wildman–Crippen MR) is 187 cm³/mol. The Kier molecular flexibility index (Phi) is 13.7. The van der Waals surface area contributed by atoms with Crippen molar-refractivity contribution in [2.24, 2.45) is 5.73 Å². The number of thiol groups is 2. The van der Waals surface area contributed by atoms with Gasteiger partial charge in [-0.1, -0.05) is 37.3 Å². The first-order chi connectivity index (χ1) is 21.6. The van der Waals surface area contributed by atoms with Gasteiger partial charge in [0.1, 0.15) is 23.9 Å². The van der Waals surface area contributed by atoms with E-state index in [2.05, 4.69) is 46.5 Å². The number of carbonyl (C=O) groups excluding carboxylic acids is 4. The molecule has 0 saturated carbocycles. The van der Waals surface area contributed by atoms with Gasteiger partial charge >= 0.3 is 5.97 Å². The standard InChI is InChI=1S/C33H47N5O7S2/c1-17-13-21(39)14-18(2)24(17)19(3)25(34)29(42)37-26(32(4,5)46)30(43)35-16-23(40)36-22(15-20-11-9-8-10-12-20)28(41)38-27(31(44)45)33(6,7)47/h8-14,19,22,25-27,39,46-47H,15-16,34H2,1-7H3,(H,35,43)(H,36,40)(H,37,42)(H,38,41)(H,44,45)/t19-,22+,25-,26-,27-/m1/s1. The number of carboxylic acid groups (broad SMARTS) is 1. The summed E-state index contributed by atoms with van der Waals surface area (Å²) in [6.07, 6.45) is 0.0457. The summed E-state index contributed by atoms with van der Waals surface area (Å²) < 4.78 is -2.19. The molecule has 14 heteroatoms. The molecule has 0 aliphatic heterocycles. The van der Waals surface area contributed by atoms with E-state index in [0.717, 1.165) is 16.7 Å². The summed E-state index contributed by atoms with van der Waals surface area (Å²) in [6, 6.07) is 7.19. The van der Waals surface area contributed by atoms with E-state index < -0.39 is 75.7 Å². The minimum Gasteiger partial charge on any atom is -0.508 e. The first kappa shape index (κ1) is 39.4. The number of hydrogen-bond donors (Lipinski definition) is 9. The number of carboxylic acids is 1. The molecule has 0 aliphatic carbocycles. The Morgan fingerprint density at radius 1 is 0.830 bits per heavy atom. The van der Waals surface area contributed by atoms with Gasteiger partial charge in [0.05, 0.1) is 12.6 Å². The summed E-state index contributed by atoms with van der Waals surface area (Å²) in [5, 5.41) is 29.7. The first-order valence-electron chi connectivity index (χ1n) is 15.1. The Bertz CT molecular complexity index is 1430. The lowest BCUT2D eigenvalue weighted by Gasteiger charge is -2.32. The number of phenolic OH excluding ortho intramolecular Hbond substituents is 1. The molecule has 0 saturated heterocycles. The Balaban J connectivity index is 2.16. The van der Waals surface area contributed by atoms with Crippen LogP contribution in [0.1, 0.15) is 62.8 Å². The van der Waals surface area contributed by atoms with Crippen molar-refractivity contribution in [1.29, 1.82) is 0 Å². The van der Waals surface area contributed by atoms with E-state index in [1.165, 1.54) is 13.8 Å². The van der Waals surface area contributed by atoms with Crippen molar-refractivity contribution < 1.29 is 34.2 Å². The lowest BCUT2D eigenvalue weighted by molar-refractivity contribution is -0.143. The van der Waals surface area contributed by atoms with Crippen LogP contribution in [0.2, 0.25) is 0 Å². The number of nitrogens with two attached hydrogens (primary N) is 1. The van der Waals surface area contributed by atoms with E-state index in [0.29, 0.717) is 5.56 Å². The number of amides is 4. The molecule has 258 valence electrons. The molecule has 0 bridgehead atoms. The second-order valence-corrected chi connectivity index (χ2v) is 15.2. The van der Waals surface area contributed by atoms with Crippen molar-refractivity contribution in [1.82, 2.24) is 21.3 Å². The maximum absolute atomic E-state index is 13.3. The molecule has 4 amide bonds. The first-order valence-corrected chi connectivity index (χ1v) is 16.0. The van der Waals surface area contributed by atoms with Gasteiger partial charge in [-0.25, -0.2) is 4.79 Å². The molecule has 0 unspecified atom stereocenters. The summed E-state index contributed by atoms with van der Waals surface area (Å²) in [6.45, 7) is 11.1. The number of aryl methyl sites for hydroxylation is 2. The third kappa shape index (κ3) is 11.5. The van der Waals surface area contributed by atoms with Crippen LogP contribution in [-0.2, 0) is 30.4 Å². The number of phenols is 1. The van der Waals surface area contributed by atoms with Crippen molar-refractivity contribution >= 4 is 54.9 Å². The number of aliphatic carboxylic acids is 1. The number of aromatic hydroxyl groups is 1. The van der Waals surface area contributed by atoms with E-state index in [1.807, 2.05) is 0 Å². The second kappa shape index (κ2) is 16.4. The highest BCUT2D eigenvalue weighted by Gasteiger charge is 2.38. The van der Waals surface area contributed by atoms with Gasteiger partial charge in [0.15, 0.2) is 0 Å². The highest BCUT2D eigenvalue weighted by molar-refractivity contribution is 7.82. The maximum atomic E-state index is 13.3. The Morgan fingerprint density at radius 3 is 1.83 bits per heavy atom. The van der Waals surface area contributed by atoms with Gasteiger partial charge in [0, 0.05) is 21.8 Å². The SMILES string of the molecule is Cc1cc(O)cc(C)c1[C@@H](C)[C@@H](N)C(=O)N[C@H](C(=O)NCC(=O)N[C@@H](Cc1ccccc1)C(=O)N[C@H](C(=O)O)C(C)(C)S)C(C)(C)S. The molecule has 0 radical (unpaired) electrons. The zero-order valence-electron chi connectivity index (χ0n) is 27.7. The van der Waals surface area contributed by atoms with Crippen LogP contribution in [0.3, 0.4) is 0 Å². The molecule has 12 nitrogen and oxygen atoms in total. The second-order valence-electron chi connectivity index (χ2n) is 12.9. The molecule has 2 rings (SSSR count). The molecule has 2 aromatic rings. The van der Waals surface area contributed by atoms with Crippen molar-refractivity contribution in [3.05, 3.63) is 64.7 Å². The van der Waals surface area contributed by atoms with Crippen molar-refractivity contribution in [2.45, 2.75) is 94.5 Å². The fraction of sp³-hybridized carbons (Fsp3) is 0.485. The van der Waals surface area contributed by atoms with Crippen LogP contribution in [0.25, 0.3) is 0 Å². The van der Waals surface area contributed by atoms with Gasteiger partial charge in [-0.05, 0) is 75.9 Å². The van der Waals surface area contributed by atoms with E-state index in [1.54, 1.807) is 77.1 Å². The minimum absolute atomic E-state index is 0.0457. The number of benzene rings is 2. The molecule has 2 aromatic carbocycles. The summed E-state index contributed by atoms with van der Waals surface area (Å²) in [5.41, 5.74) is 9.37. The number of carbonyl (C=O) groups is 5. The van der Waals surface area contributed by atoms with Crippen LogP contribution in [0.15, 0.2) is 42.5 Å². The molecule has 0 heterocycles. The number of hydrogen-bond acceptors (Lipinski definition) is 9. The largest absolute Gasteiger partial charge is 0.508 e. The van der Waals surface area contributed by atoms with Gasteiger partial charge < -0.3 is 37.2 Å². The third-order valence-corrected chi connectivity index (χ3v) is 8.24. The molecule has 47 heavy (non-hydrogen) atoms. The zero-order valence-corrected chi connectivity index (χ0v) is 29.5. The highest BCUT2D eigenvalue weighted by atomic mass is 32.1. The average Bonchev–Trinajstić information content (AvgIpc) is 2.94. The van der Waals surface area contributed by atoms with Crippen LogP contribution in [0.5, 0.6) is 5.75 Å². The zero-order chi connectivity index (χ0) is 35.9. The summed E-state index contributed by atoms with van der Waals surface area (Å²) in [7, 11) is 0. The smallest absolute Gasteiger partial charge is 0.327 e. The van der Waals surface area contributed by atoms with E-state index in [4.69, 9.17) is 5.73 Å². The summed E-state index contributed by atoms with van der Waals surface area (Å²) >= 11 is 8.79. The normalized spacial score (nSPS) is 14.9. The monoisotopic (exact) mass is 689 g/mol. The highest BCUT2D eigenvalue weighted by Crippen LogP contribution is 2.29. The quantitative estimate of drug-likeness (QED) is 0.126. The minimum atomic E-state index is -1.36. The number of rotatable bonds is 15. The fourth-order valence-corrected chi connectivity index (χ4v) is 5.59. The van der Waals surface area contributed by atoms with Crippen LogP contribution < -0.4 is 27.0 Å². The van der Waals surface area contributed by atoms with E-state index in [9.17, 15) is 34.2 Å². The molecular formula is C33H47N5O7S2. The van der Waals surface area contributed by atoms with E-state index >= 15 is 0 Å². The molecule has 8 N–H and O–H groups in total. The number of nitrogens with one attached hydrogen (secondary N) is 4. The van der Waals surface area contributed by atoms with Gasteiger partial charge in [-0.3, -0.25) is 19.2 Å². The summed E-state index contributed by atoms with van der Waals surface area (Å²) in [5.74, 6) is -4.45. The fourth-order valence-electron chi connectivity index (χ4n) is 5.24. The maximum Gasteiger partial charge on any atom is 0.327 e. The van der Waals surface area contributed by atoms with Gasteiger partial charge in [0.2, 0.25) is 23.6 Å². The Morgan fingerprint density at radius 2 is 1.34 bits per heavy atom. The summed E-state index contributed by atoms with van der Waals surface area (Å²) in [4.78, 5) is 64.7. The Hall–Kier alpha value is -3.75. The van der Waals surface area contributed by atoms with Gasteiger partial charge in [0.25, 0.3) is 0 Å². The molecule has 0 aliphatic rings. The third-order valence-electron chi connectivity index (χ3n) is 7.73.